The number of carbonyl (C=O) groups excluding carboxylic acids is 1. The molecule has 1 heterocycles. The van der Waals surface area contributed by atoms with Gasteiger partial charge in [-0.05, 0) is 43.3 Å². The Bertz CT molecular complexity index is 1140. The Morgan fingerprint density at radius 1 is 1.18 bits per heavy atom. The molecule has 1 amide bonds. The number of amides is 1. The average molecular weight is 467 g/mol. The lowest BCUT2D eigenvalue weighted by Gasteiger charge is -2.11. The van der Waals surface area contributed by atoms with Crippen molar-refractivity contribution in [2.24, 2.45) is 0 Å². The lowest BCUT2D eigenvalue weighted by Crippen LogP contribution is -2.30. The SMILES string of the molecule is CCOc1ccc(Br)cc1S(=O)(=O)NC(=O)c1cc2ccc(N(C)C)cc2o1. The van der Waals surface area contributed by atoms with Crippen LogP contribution in [0.15, 0.2) is 56.2 Å². The van der Waals surface area contributed by atoms with E-state index in [1.54, 1.807) is 25.1 Å². The first-order chi connectivity index (χ1) is 13.2. The Hall–Kier alpha value is -2.52. The molecular formula is C19H19BrN2O5S. The third-order valence-corrected chi connectivity index (χ3v) is 5.81. The van der Waals surface area contributed by atoms with Gasteiger partial charge in [0.2, 0.25) is 0 Å². The number of anilines is 1. The van der Waals surface area contributed by atoms with Crippen molar-refractivity contribution < 1.29 is 22.4 Å². The van der Waals surface area contributed by atoms with Crippen LogP contribution in [0.2, 0.25) is 0 Å². The third kappa shape index (κ3) is 4.15. The predicted octanol–water partition coefficient (Wildman–Crippen LogP) is 3.78. The van der Waals surface area contributed by atoms with E-state index in [2.05, 4.69) is 15.9 Å². The molecule has 7 nitrogen and oxygen atoms in total. The van der Waals surface area contributed by atoms with Crippen LogP contribution in [0, 0.1) is 0 Å². The normalized spacial score (nSPS) is 11.4. The number of halogens is 1. The summed E-state index contributed by atoms with van der Waals surface area (Å²) in [6, 6.07) is 11.5. The predicted molar refractivity (Wildman–Crippen MR) is 111 cm³/mol. The first kappa shape index (κ1) is 20.2. The number of ether oxygens (including phenoxy) is 1. The largest absolute Gasteiger partial charge is 0.492 e. The molecule has 0 fully saturated rings. The molecule has 0 aliphatic heterocycles. The molecule has 0 unspecified atom stereocenters. The maximum Gasteiger partial charge on any atom is 0.300 e. The molecule has 2 aromatic carbocycles. The zero-order valence-electron chi connectivity index (χ0n) is 15.5. The van der Waals surface area contributed by atoms with Gasteiger partial charge in [-0.15, -0.1) is 0 Å². The first-order valence-electron chi connectivity index (χ1n) is 8.41. The quantitative estimate of drug-likeness (QED) is 0.594. The van der Waals surface area contributed by atoms with Crippen molar-refractivity contribution >= 4 is 48.5 Å². The van der Waals surface area contributed by atoms with Crippen molar-refractivity contribution in [3.8, 4) is 5.75 Å². The van der Waals surface area contributed by atoms with E-state index in [1.165, 1.54) is 18.2 Å². The van der Waals surface area contributed by atoms with Gasteiger partial charge in [0, 0.05) is 35.7 Å². The Balaban J connectivity index is 1.92. The molecule has 0 saturated heterocycles. The standard InChI is InChI=1S/C19H19BrN2O5S/c1-4-26-15-8-6-13(20)10-18(15)28(24,25)21-19(23)17-9-12-5-7-14(22(2)3)11-16(12)27-17/h5-11H,4H2,1-3H3,(H,21,23). The topological polar surface area (TPSA) is 88.8 Å². The van der Waals surface area contributed by atoms with Crippen LogP contribution in [0.25, 0.3) is 11.0 Å². The lowest BCUT2D eigenvalue weighted by atomic mass is 10.2. The molecule has 3 rings (SSSR count). The highest BCUT2D eigenvalue weighted by Gasteiger charge is 2.25. The Kier molecular flexibility index (Phi) is 5.66. The molecule has 0 spiro atoms. The van der Waals surface area contributed by atoms with Crippen LogP contribution in [-0.4, -0.2) is 35.0 Å². The molecule has 0 aliphatic carbocycles. The van der Waals surface area contributed by atoms with Gasteiger partial charge in [0.25, 0.3) is 10.0 Å². The number of hydrogen-bond donors (Lipinski definition) is 1. The van der Waals surface area contributed by atoms with Gasteiger partial charge < -0.3 is 14.1 Å². The van der Waals surface area contributed by atoms with E-state index in [4.69, 9.17) is 9.15 Å². The van der Waals surface area contributed by atoms with E-state index in [9.17, 15) is 13.2 Å². The highest BCUT2D eigenvalue weighted by Crippen LogP contribution is 2.28. The molecule has 0 saturated carbocycles. The highest BCUT2D eigenvalue weighted by atomic mass is 79.9. The lowest BCUT2D eigenvalue weighted by molar-refractivity contribution is 0.0956. The van der Waals surface area contributed by atoms with Gasteiger partial charge in [0.15, 0.2) is 5.76 Å². The van der Waals surface area contributed by atoms with E-state index < -0.39 is 15.9 Å². The van der Waals surface area contributed by atoms with E-state index in [1.807, 2.05) is 29.8 Å². The van der Waals surface area contributed by atoms with Crippen molar-refractivity contribution in [3.05, 3.63) is 52.7 Å². The smallest absolute Gasteiger partial charge is 0.300 e. The summed E-state index contributed by atoms with van der Waals surface area (Å²) in [4.78, 5) is 14.3. The summed E-state index contributed by atoms with van der Waals surface area (Å²) in [7, 11) is -0.391. The van der Waals surface area contributed by atoms with Crippen molar-refractivity contribution in [2.45, 2.75) is 11.8 Å². The first-order valence-corrected chi connectivity index (χ1v) is 10.7. The fourth-order valence-electron chi connectivity index (χ4n) is 2.60. The minimum Gasteiger partial charge on any atom is -0.492 e. The number of fused-ring (bicyclic) bond motifs is 1. The van der Waals surface area contributed by atoms with E-state index in [0.29, 0.717) is 15.4 Å². The number of sulfonamides is 1. The summed E-state index contributed by atoms with van der Waals surface area (Å²) in [6.07, 6.45) is 0. The van der Waals surface area contributed by atoms with Gasteiger partial charge in [-0.25, -0.2) is 13.1 Å². The summed E-state index contributed by atoms with van der Waals surface area (Å²) >= 11 is 3.24. The summed E-state index contributed by atoms with van der Waals surface area (Å²) < 4.78 is 39.0. The Labute approximate surface area is 171 Å². The third-order valence-electron chi connectivity index (χ3n) is 3.97. The van der Waals surface area contributed by atoms with Crippen LogP contribution in [0.3, 0.4) is 0 Å². The van der Waals surface area contributed by atoms with Crippen LogP contribution < -0.4 is 14.4 Å². The molecule has 28 heavy (non-hydrogen) atoms. The minimum atomic E-state index is -4.16. The van der Waals surface area contributed by atoms with Gasteiger partial charge in [-0.2, -0.15) is 0 Å². The molecular weight excluding hydrogens is 448 g/mol. The fraction of sp³-hybridized carbons (Fsp3) is 0.211. The van der Waals surface area contributed by atoms with Gasteiger partial charge in [0.1, 0.15) is 16.2 Å². The second kappa shape index (κ2) is 7.84. The Morgan fingerprint density at radius 2 is 1.93 bits per heavy atom. The van der Waals surface area contributed by atoms with Gasteiger partial charge >= 0.3 is 5.91 Å². The van der Waals surface area contributed by atoms with Gasteiger partial charge in [0.05, 0.1) is 6.61 Å². The zero-order valence-corrected chi connectivity index (χ0v) is 17.9. The molecule has 0 aliphatic rings. The molecule has 1 N–H and O–H groups in total. The van der Waals surface area contributed by atoms with Crippen molar-refractivity contribution in [1.82, 2.24) is 4.72 Å². The van der Waals surface area contributed by atoms with Crippen LogP contribution in [0.4, 0.5) is 5.69 Å². The number of nitrogens with one attached hydrogen (secondary N) is 1. The highest BCUT2D eigenvalue weighted by molar-refractivity contribution is 9.10. The molecule has 0 atom stereocenters. The van der Waals surface area contributed by atoms with Crippen LogP contribution >= 0.6 is 15.9 Å². The molecule has 3 aromatic rings. The van der Waals surface area contributed by atoms with Crippen molar-refractivity contribution in [1.29, 1.82) is 0 Å². The second-order valence-electron chi connectivity index (χ2n) is 6.19. The fourth-order valence-corrected chi connectivity index (χ4v) is 4.25. The molecule has 148 valence electrons. The monoisotopic (exact) mass is 466 g/mol. The number of rotatable bonds is 6. The maximum absolute atomic E-state index is 12.7. The van der Waals surface area contributed by atoms with Crippen molar-refractivity contribution in [2.75, 3.05) is 25.6 Å². The summed E-state index contributed by atoms with van der Waals surface area (Å²) in [6.45, 7) is 2.03. The van der Waals surface area contributed by atoms with E-state index in [0.717, 1.165) is 5.69 Å². The molecule has 0 radical (unpaired) electrons. The number of hydrogen-bond acceptors (Lipinski definition) is 6. The van der Waals surface area contributed by atoms with Gasteiger partial charge in [-0.3, -0.25) is 4.79 Å². The second-order valence-corrected chi connectivity index (χ2v) is 8.75. The van der Waals surface area contributed by atoms with E-state index in [-0.39, 0.29) is 23.0 Å². The summed E-state index contributed by atoms with van der Waals surface area (Å²) in [5.74, 6) is -0.793. The average Bonchev–Trinajstić information content (AvgIpc) is 3.06. The van der Waals surface area contributed by atoms with Crippen LogP contribution in [0.5, 0.6) is 5.75 Å². The molecule has 9 heteroatoms. The maximum atomic E-state index is 12.7. The number of furan rings is 1. The number of nitrogens with zero attached hydrogens (tertiary/aromatic N) is 1. The van der Waals surface area contributed by atoms with E-state index >= 15 is 0 Å². The number of benzene rings is 2. The molecule has 0 bridgehead atoms. The van der Waals surface area contributed by atoms with Crippen LogP contribution in [-0.2, 0) is 10.0 Å². The summed E-state index contributed by atoms with van der Waals surface area (Å²) in [5, 5.41) is 0.700. The molecule has 1 aromatic heterocycles. The number of carbonyl (C=O) groups is 1. The van der Waals surface area contributed by atoms with Gasteiger partial charge in [-0.1, -0.05) is 15.9 Å². The van der Waals surface area contributed by atoms with Crippen LogP contribution in [0.1, 0.15) is 17.5 Å². The van der Waals surface area contributed by atoms with Crippen molar-refractivity contribution in [3.63, 3.8) is 0 Å². The zero-order chi connectivity index (χ0) is 20.5. The summed E-state index contributed by atoms with van der Waals surface area (Å²) in [5.41, 5.74) is 1.39. The minimum absolute atomic E-state index is 0.0950. The Morgan fingerprint density at radius 3 is 2.61 bits per heavy atom.